The number of hydrogen-bond acceptors (Lipinski definition) is 2. The summed E-state index contributed by atoms with van der Waals surface area (Å²) in [6, 6.07) is 0. The standard InChI is InChI=1S/2C18H30O.2C2H6/c2*1-5-17(2,3)16(19)11-18(4)14-7-12-6-13(9-14)10-15(18)8-12;2*1-2/h2*12-15H,5-11H2,1-4H3;2*1-2H3. The molecule has 8 aliphatic rings. The molecule has 0 N–H and O–H groups in total. The molecule has 8 saturated carbocycles. The van der Waals surface area contributed by atoms with E-state index in [-0.39, 0.29) is 10.8 Å². The molecule has 2 nitrogen and oxygen atoms in total. The second kappa shape index (κ2) is 13.8. The van der Waals surface area contributed by atoms with Gasteiger partial charge < -0.3 is 0 Å². The van der Waals surface area contributed by atoms with Crippen molar-refractivity contribution in [2.75, 3.05) is 0 Å². The third-order valence-electron chi connectivity index (χ3n) is 14.4. The Bertz CT molecular complexity index is 777. The highest BCUT2D eigenvalue weighted by atomic mass is 16.1. The van der Waals surface area contributed by atoms with Gasteiger partial charge in [-0.15, -0.1) is 0 Å². The first-order valence-corrected chi connectivity index (χ1v) is 18.8. The van der Waals surface area contributed by atoms with E-state index in [1.165, 1.54) is 64.2 Å². The van der Waals surface area contributed by atoms with Crippen LogP contribution in [0.15, 0.2) is 0 Å². The molecule has 0 unspecified atom stereocenters. The Hall–Kier alpha value is -0.660. The molecule has 0 aromatic carbocycles. The van der Waals surface area contributed by atoms with E-state index in [0.717, 1.165) is 73.0 Å². The molecule has 8 fully saturated rings. The van der Waals surface area contributed by atoms with Crippen molar-refractivity contribution in [2.24, 2.45) is 69.0 Å². The Balaban J connectivity index is 0.000000206. The number of carbonyl (C=O) groups excluding carboxylic acids is 2. The van der Waals surface area contributed by atoms with Gasteiger partial charge in [0.05, 0.1) is 0 Å². The van der Waals surface area contributed by atoms with Crippen LogP contribution in [0.1, 0.15) is 173 Å². The van der Waals surface area contributed by atoms with Gasteiger partial charge in [-0.2, -0.15) is 0 Å². The highest BCUT2D eigenvalue weighted by Gasteiger charge is 2.57. The van der Waals surface area contributed by atoms with E-state index < -0.39 is 0 Å². The van der Waals surface area contributed by atoms with Crippen molar-refractivity contribution in [2.45, 2.75) is 173 Å². The van der Waals surface area contributed by atoms with E-state index >= 15 is 0 Å². The van der Waals surface area contributed by atoms with Crippen LogP contribution in [0.2, 0.25) is 0 Å². The van der Waals surface area contributed by atoms with Crippen LogP contribution in [0.5, 0.6) is 0 Å². The first-order valence-electron chi connectivity index (χ1n) is 18.8. The summed E-state index contributed by atoms with van der Waals surface area (Å²) in [4.78, 5) is 25.4. The van der Waals surface area contributed by atoms with E-state index in [0.29, 0.717) is 22.4 Å². The van der Waals surface area contributed by atoms with Crippen LogP contribution in [0.4, 0.5) is 0 Å². The highest BCUT2D eigenvalue weighted by molar-refractivity contribution is 5.85. The van der Waals surface area contributed by atoms with Crippen molar-refractivity contribution < 1.29 is 9.59 Å². The zero-order valence-electron chi connectivity index (χ0n) is 30.3. The number of hydrogen-bond donors (Lipinski definition) is 0. The monoisotopic (exact) mass is 585 g/mol. The van der Waals surface area contributed by atoms with Crippen molar-refractivity contribution in [3.05, 3.63) is 0 Å². The van der Waals surface area contributed by atoms with Gasteiger partial charge in [-0.25, -0.2) is 0 Å². The maximum atomic E-state index is 12.7. The van der Waals surface area contributed by atoms with E-state index in [1.54, 1.807) is 0 Å². The molecule has 244 valence electrons. The zero-order chi connectivity index (χ0) is 31.7. The van der Waals surface area contributed by atoms with Gasteiger partial charge in [0.15, 0.2) is 0 Å². The molecule has 0 radical (unpaired) electrons. The second-order valence-corrected chi connectivity index (χ2v) is 17.3. The number of rotatable bonds is 8. The molecule has 0 saturated heterocycles. The van der Waals surface area contributed by atoms with Gasteiger partial charge in [0.2, 0.25) is 0 Å². The van der Waals surface area contributed by atoms with Crippen LogP contribution in [-0.4, -0.2) is 11.6 Å². The van der Waals surface area contributed by atoms with Gasteiger partial charge in [0, 0.05) is 23.7 Å². The molecule has 8 rings (SSSR count). The largest absolute Gasteiger partial charge is 0.299 e. The van der Waals surface area contributed by atoms with Crippen molar-refractivity contribution in [1.29, 1.82) is 0 Å². The molecular weight excluding hydrogens is 512 g/mol. The van der Waals surface area contributed by atoms with E-state index in [1.807, 2.05) is 27.7 Å². The molecule has 0 atom stereocenters. The summed E-state index contributed by atoms with van der Waals surface area (Å²) >= 11 is 0. The predicted molar refractivity (Wildman–Crippen MR) is 180 cm³/mol. The average Bonchev–Trinajstić information content (AvgIpc) is 2.96. The first-order chi connectivity index (χ1) is 19.7. The molecule has 0 aliphatic heterocycles. The minimum atomic E-state index is -0.113. The molecular formula is C40H72O2. The Morgan fingerprint density at radius 2 is 0.714 bits per heavy atom. The van der Waals surface area contributed by atoms with Crippen LogP contribution in [0.25, 0.3) is 0 Å². The zero-order valence-corrected chi connectivity index (χ0v) is 30.3. The molecule has 8 aliphatic carbocycles. The van der Waals surface area contributed by atoms with Gasteiger partial charge in [0.1, 0.15) is 11.6 Å². The maximum absolute atomic E-state index is 12.7. The summed E-state index contributed by atoms with van der Waals surface area (Å²) < 4.78 is 0. The number of Topliss-reactive ketones (excluding diaryl/α,β-unsaturated/α-hetero) is 2. The SMILES string of the molecule is CC.CC.CCC(C)(C)C(=O)CC1(C)C2CC3CC(C2)CC1C3.CCC(C)(C)C(=O)CC1(C)C2CC3CC(C2)CC1C3. The van der Waals surface area contributed by atoms with Crippen LogP contribution in [0.3, 0.4) is 0 Å². The lowest BCUT2D eigenvalue weighted by Gasteiger charge is -2.60. The lowest BCUT2D eigenvalue weighted by molar-refractivity contribution is -0.143. The second-order valence-electron chi connectivity index (χ2n) is 17.3. The van der Waals surface area contributed by atoms with Crippen molar-refractivity contribution in [1.82, 2.24) is 0 Å². The van der Waals surface area contributed by atoms with Gasteiger partial charge in [-0.3, -0.25) is 9.59 Å². The van der Waals surface area contributed by atoms with E-state index in [4.69, 9.17) is 0 Å². The van der Waals surface area contributed by atoms with Gasteiger partial charge in [-0.1, -0.05) is 83.1 Å². The maximum Gasteiger partial charge on any atom is 0.139 e. The van der Waals surface area contributed by atoms with Crippen molar-refractivity contribution in [3.8, 4) is 0 Å². The third-order valence-corrected chi connectivity index (χ3v) is 14.4. The normalized spacial score (nSPS) is 40.7. The summed E-state index contributed by atoms with van der Waals surface area (Å²) in [7, 11) is 0. The Kier molecular flexibility index (Phi) is 11.7. The topological polar surface area (TPSA) is 34.1 Å². The fourth-order valence-electron chi connectivity index (χ4n) is 10.7. The smallest absolute Gasteiger partial charge is 0.139 e. The van der Waals surface area contributed by atoms with Crippen molar-refractivity contribution in [3.63, 3.8) is 0 Å². The molecule has 0 amide bonds. The van der Waals surface area contributed by atoms with E-state index in [2.05, 4.69) is 55.4 Å². The van der Waals surface area contributed by atoms with Gasteiger partial charge >= 0.3 is 0 Å². The Morgan fingerprint density at radius 3 is 0.905 bits per heavy atom. The van der Waals surface area contributed by atoms with E-state index in [9.17, 15) is 9.59 Å². The predicted octanol–water partition coefficient (Wildman–Crippen LogP) is 11.7. The molecule has 0 spiro atoms. The lowest BCUT2D eigenvalue weighted by atomic mass is 9.44. The summed E-state index contributed by atoms with van der Waals surface area (Å²) in [5.74, 6) is 8.45. The number of carbonyl (C=O) groups is 2. The molecule has 0 aromatic heterocycles. The summed E-state index contributed by atoms with van der Waals surface area (Å²) in [6.45, 7) is 25.7. The quantitative estimate of drug-likeness (QED) is 0.284. The van der Waals surface area contributed by atoms with Gasteiger partial charge in [0.25, 0.3) is 0 Å². The summed E-state index contributed by atoms with van der Waals surface area (Å²) in [6.07, 6.45) is 18.0. The molecule has 42 heavy (non-hydrogen) atoms. The number of ketones is 2. The Labute approximate surface area is 262 Å². The van der Waals surface area contributed by atoms with Gasteiger partial charge in [-0.05, 0) is 135 Å². The third kappa shape index (κ3) is 6.93. The average molecular weight is 585 g/mol. The Morgan fingerprint density at radius 1 is 0.500 bits per heavy atom. The minimum Gasteiger partial charge on any atom is -0.299 e. The minimum absolute atomic E-state index is 0.113. The highest BCUT2D eigenvalue weighted by Crippen LogP contribution is 2.65. The summed E-state index contributed by atoms with van der Waals surface area (Å²) in [5, 5.41) is 0. The van der Waals surface area contributed by atoms with Crippen LogP contribution in [0, 0.1) is 69.0 Å². The lowest BCUT2D eigenvalue weighted by Crippen LogP contribution is -2.52. The van der Waals surface area contributed by atoms with Crippen LogP contribution < -0.4 is 0 Å². The molecule has 2 heteroatoms. The summed E-state index contributed by atoms with van der Waals surface area (Å²) in [5.41, 5.74) is 0.434. The van der Waals surface area contributed by atoms with Crippen LogP contribution in [-0.2, 0) is 9.59 Å². The molecule has 0 heterocycles. The fourth-order valence-corrected chi connectivity index (χ4v) is 10.7. The van der Waals surface area contributed by atoms with Crippen molar-refractivity contribution >= 4 is 11.6 Å². The molecule has 0 aromatic rings. The fraction of sp³-hybridized carbons (Fsp3) is 0.950. The molecule has 8 bridgehead atoms. The first kappa shape index (κ1) is 35.8. The van der Waals surface area contributed by atoms with Crippen LogP contribution >= 0.6 is 0 Å².